The first kappa shape index (κ1) is 16.1. The van der Waals surface area contributed by atoms with Gasteiger partial charge in [-0.2, -0.15) is 0 Å². The zero-order chi connectivity index (χ0) is 17.6. The van der Waals surface area contributed by atoms with E-state index in [2.05, 4.69) is 10.6 Å². The summed E-state index contributed by atoms with van der Waals surface area (Å²) in [5.74, 6) is 0.906. The smallest absolute Gasteiger partial charge is 0.228 e. The molecule has 2 aromatic rings. The van der Waals surface area contributed by atoms with Crippen LogP contribution in [-0.4, -0.2) is 51.3 Å². The van der Waals surface area contributed by atoms with Crippen molar-refractivity contribution in [1.82, 2.24) is 19.4 Å². The second kappa shape index (κ2) is 6.17. The maximum absolute atomic E-state index is 13.1. The van der Waals surface area contributed by atoms with Crippen LogP contribution in [0.4, 0.5) is 0 Å². The van der Waals surface area contributed by atoms with E-state index in [-0.39, 0.29) is 23.8 Å². The quantitative estimate of drug-likeness (QED) is 0.841. The van der Waals surface area contributed by atoms with Gasteiger partial charge in [0, 0.05) is 33.6 Å². The zero-order valence-electron chi connectivity index (χ0n) is 14.8. The van der Waals surface area contributed by atoms with Crippen molar-refractivity contribution in [1.29, 1.82) is 0 Å². The van der Waals surface area contributed by atoms with Crippen LogP contribution in [0.25, 0.3) is 11.0 Å². The summed E-state index contributed by atoms with van der Waals surface area (Å²) in [7, 11) is 3.80. The number of imidazole rings is 1. The molecule has 132 valence electrons. The Morgan fingerprint density at radius 2 is 2.00 bits per heavy atom. The molecule has 6 nitrogen and oxygen atoms in total. The summed E-state index contributed by atoms with van der Waals surface area (Å²) in [6, 6.07) is 8.07. The predicted octanol–water partition coefficient (Wildman–Crippen LogP) is 2.11. The first-order chi connectivity index (χ1) is 12.1. The van der Waals surface area contributed by atoms with Crippen LogP contribution in [0.5, 0.6) is 0 Å². The van der Waals surface area contributed by atoms with Gasteiger partial charge in [0.2, 0.25) is 11.8 Å². The number of benzene rings is 1. The van der Waals surface area contributed by atoms with Crippen LogP contribution in [-0.2, 0) is 16.6 Å². The van der Waals surface area contributed by atoms with Crippen molar-refractivity contribution < 1.29 is 9.59 Å². The maximum Gasteiger partial charge on any atom is 0.228 e. The van der Waals surface area contributed by atoms with Crippen LogP contribution >= 0.6 is 0 Å². The lowest BCUT2D eigenvalue weighted by Crippen LogP contribution is -2.43. The summed E-state index contributed by atoms with van der Waals surface area (Å²) in [5.41, 5.74) is 2.06. The van der Waals surface area contributed by atoms with E-state index in [1.165, 1.54) is 0 Å². The van der Waals surface area contributed by atoms with Gasteiger partial charge in [0.05, 0.1) is 23.0 Å². The largest absolute Gasteiger partial charge is 0.345 e. The first-order valence-electron chi connectivity index (χ1n) is 9.02. The lowest BCUT2D eigenvalue weighted by Gasteiger charge is -2.36. The van der Waals surface area contributed by atoms with Crippen LogP contribution in [0.15, 0.2) is 24.3 Å². The number of hydrogen-bond donors (Lipinski definition) is 0. The van der Waals surface area contributed by atoms with E-state index in [4.69, 9.17) is 4.98 Å². The Labute approximate surface area is 147 Å². The molecule has 2 aliphatic rings. The maximum atomic E-state index is 13.1. The lowest BCUT2D eigenvalue weighted by atomic mass is 9.98. The molecular formula is C19H24N4O2. The van der Waals surface area contributed by atoms with Gasteiger partial charge in [-0.1, -0.05) is 12.1 Å². The van der Waals surface area contributed by atoms with Gasteiger partial charge in [-0.3, -0.25) is 9.59 Å². The van der Waals surface area contributed by atoms with E-state index in [0.29, 0.717) is 13.0 Å². The fraction of sp³-hybridized carbons (Fsp3) is 0.526. The number of hydrogen-bond acceptors (Lipinski definition) is 3. The molecule has 6 heteroatoms. The third kappa shape index (κ3) is 2.69. The summed E-state index contributed by atoms with van der Waals surface area (Å²) in [4.78, 5) is 33.4. The molecule has 1 aromatic carbocycles. The van der Waals surface area contributed by atoms with Crippen molar-refractivity contribution in [3.8, 4) is 0 Å². The van der Waals surface area contributed by atoms with Gasteiger partial charge in [-0.05, 0) is 31.4 Å². The number of aryl methyl sites for hydroxylation is 1. The summed E-state index contributed by atoms with van der Waals surface area (Å²) in [6.07, 6.45) is 3.38. The highest BCUT2D eigenvalue weighted by molar-refractivity contribution is 5.89. The van der Waals surface area contributed by atoms with E-state index in [9.17, 15) is 9.59 Å². The topological polar surface area (TPSA) is 58.4 Å². The molecule has 0 aliphatic carbocycles. The van der Waals surface area contributed by atoms with Gasteiger partial charge in [0.15, 0.2) is 0 Å². The highest BCUT2D eigenvalue weighted by atomic mass is 16.2. The van der Waals surface area contributed by atoms with Crippen molar-refractivity contribution in [3.63, 3.8) is 0 Å². The fourth-order valence-electron chi connectivity index (χ4n) is 4.19. The van der Waals surface area contributed by atoms with E-state index >= 15 is 0 Å². The van der Waals surface area contributed by atoms with E-state index < -0.39 is 0 Å². The van der Waals surface area contributed by atoms with E-state index in [1.54, 1.807) is 11.9 Å². The Hall–Kier alpha value is -2.37. The number of nitrogens with zero attached hydrogens (tertiary/aromatic N) is 4. The van der Waals surface area contributed by atoms with Crippen molar-refractivity contribution in [2.24, 2.45) is 13.0 Å². The minimum absolute atomic E-state index is 0.000317. The zero-order valence-corrected chi connectivity index (χ0v) is 14.8. The second-order valence-corrected chi connectivity index (χ2v) is 7.24. The van der Waals surface area contributed by atoms with Gasteiger partial charge in [0.25, 0.3) is 0 Å². The number of para-hydroxylation sites is 2. The SMILES string of the molecule is CN1C[C@H](C(=O)N2CCCC[C@H]2c2nc3ccccc3n2C)CC1=O. The van der Waals surface area contributed by atoms with Gasteiger partial charge < -0.3 is 14.4 Å². The molecule has 1 aromatic heterocycles. The molecule has 2 atom stereocenters. The number of carbonyl (C=O) groups excluding carboxylic acids is 2. The molecular weight excluding hydrogens is 316 g/mol. The molecule has 3 heterocycles. The average Bonchev–Trinajstić information content (AvgIpc) is 3.14. The number of rotatable bonds is 2. The Morgan fingerprint density at radius 1 is 1.20 bits per heavy atom. The average molecular weight is 340 g/mol. The lowest BCUT2D eigenvalue weighted by molar-refractivity contribution is -0.139. The minimum Gasteiger partial charge on any atom is -0.345 e. The highest BCUT2D eigenvalue weighted by Gasteiger charge is 2.39. The summed E-state index contributed by atoms with van der Waals surface area (Å²) in [6.45, 7) is 1.28. The van der Waals surface area contributed by atoms with Crippen LogP contribution in [0.3, 0.4) is 0 Å². The van der Waals surface area contributed by atoms with Crippen LogP contribution in [0.1, 0.15) is 37.5 Å². The first-order valence-corrected chi connectivity index (χ1v) is 9.02. The molecule has 2 aliphatic heterocycles. The van der Waals surface area contributed by atoms with Gasteiger partial charge in [0.1, 0.15) is 5.82 Å². The molecule has 2 amide bonds. The summed E-state index contributed by atoms with van der Waals surface area (Å²) in [5, 5.41) is 0. The second-order valence-electron chi connectivity index (χ2n) is 7.24. The molecule has 0 saturated carbocycles. The Balaban J connectivity index is 1.66. The number of piperidine rings is 1. The molecule has 0 unspecified atom stereocenters. The molecule has 0 radical (unpaired) electrons. The molecule has 25 heavy (non-hydrogen) atoms. The summed E-state index contributed by atoms with van der Waals surface area (Å²) >= 11 is 0. The molecule has 0 spiro atoms. The van der Waals surface area contributed by atoms with Crippen LogP contribution in [0, 0.1) is 5.92 Å². The standard InChI is InChI=1S/C19H24N4O2/c1-21-12-13(11-17(21)24)19(25)23-10-6-5-9-16(23)18-20-14-7-3-4-8-15(14)22(18)2/h3-4,7-8,13,16H,5-6,9-12H2,1-2H3/t13-,16+/m1/s1. The third-order valence-electron chi connectivity index (χ3n) is 5.60. The van der Waals surface area contributed by atoms with E-state index in [0.717, 1.165) is 42.7 Å². The van der Waals surface area contributed by atoms with Gasteiger partial charge in [-0.25, -0.2) is 4.98 Å². The van der Waals surface area contributed by atoms with Gasteiger partial charge in [-0.15, -0.1) is 0 Å². The number of fused-ring (bicyclic) bond motifs is 1. The van der Waals surface area contributed by atoms with Crippen LogP contribution in [0.2, 0.25) is 0 Å². The molecule has 2 fully saturated rings. The predicted molar refractivity (Wildman–Crippen MR) is 94.8 cm³/mol. The Kier molecular flexibility index (Phi) is 3.98. The molecule has 0 N–H and O–H groups in total. The summed E-state index contributed by atoms with van der Waals surface area (Å²) < 4.78 is 2.11. The molecule has 4 rings (SSSR count). The Morgan fingerprint density at radius 3 is 2.72 bits per heavy atom. The fourth-order valence-corrected chi connectivity index (χ4v) is 4.19. The molecule has 2 saturated heterocycles. The number of carbonyl (C=O) groups is 2. The Bertz CT molecular complexity index is 828. The van der Waals surface area contributed by atoms with E-state index in [1.807, 2.05) is 30.1 Å². The third-order valence-corrected chi connectivity index (χ3v) is 5.60. The van der Waals surface area contributed by atoms with Crippen molar-refractivity contribution in [2.45, 2.75) is 31.7 Å². The number of amides is 2. The number of aromatic nitrogens is 2. The van der Waals surface area contributed by atoms with Crippen molar-refractivity contribution in [3.05, 3.63) is 30.1 Å². The molecule has 0 bridgehead atoms. The van der Waals surface area contributed by atoms with Crippen molar-refractivity contribution >= 4 is 22.8 Å². The normalized spacial score (nSPS) is 24.3. The number of likely N-dealkylation sites (tertiary alicyclic amines) is 2. The van der Waals surface area contributed by atoms with Gasteiger partial charge >= 0.3 is 0 Å². The monoisotopic (exact) mass is 340 g/mol. The minimum atomic E-state index is -0.215. The van der Waals surface area contributed by atoms with Crippen molar-refractivity contribution in [2.75, 3.05) is 20.1 Å². The highest BCUT2D eigenvalue weighted by Crippen LogP contribution is 2.34. The van der Waals surface area contributed by atoms with Crippen LogP contribution < -0.4 is 0 Å².